The summed E-state index contributed by atoms with van der Waals surface area (Å²) >= 11 is 0. The molecule has 2 bridgehead atoms. The fourth-order valence-corrected chi connectivity index (χ4v) is 5.04. The molecule has 1 aliphatic heterocycles. The largest absolute Gasteiger partial charge is 0.416 e. The molecule has 1 saturated heterocycles. The van der Waals surface area contributed by atoms with Crippen LogP contribution < -0.4 is 4.90 Å². The Morgan fingerprint density at radius 3 is 2.32 bits per heavy atom. The molecule has 142 valence electrons. The molecule has 0 aromatic heterocycles. The second-order valence-electron chi connectivity index (χ2n) is 7.61. The molecule has 0 N–H and O–H groups in total. The van der Waals surface area contributed by atoms with Crippen LogP contribution in [0.2, 0.25) is 0 Å². The Balaban J connectivity index is 1.50. The topological polar surface area (TPSA) is 37.4 Å². The van der Waals surface area contributed by atoms with E-state index in [-0.39, 0.29) is 29.3 Å². The van der Waals surface area contributed by atoms with Gasteiger partial charge in [-0.05, 0) is 47.6 Å². The molecule has 28 heavy (non-hydrogen) atoms. The molecule has 2 aromatic carbocycles. The van der Waals surface area contributed by atoms with Crippen LogP contribution in [0.5, 0.6) is 0 Å². The molecule has 3 aliphatic rings. The van der Waals surface area contributed by atoms with Crippen molar-refractivity contribution in [2.75, 3.05) is 4.90 Å². The summed E-state index contributed by atoms with van der Waals surface area (Å²) in [6.45, 7) is 0. The highest BCUT2D eigenvalue weighted by Gasteiger charge is 2.61. The lowest BCUT2D eigenvalue weighted by atomic mass is 9.79. The van der Waals surface area contributed by atoms with E-state index in [2.05, 4.69) is 6.08 Å². The molecule has 2 aliphatic carbocycles. The van der Waals surface area contributed by atoms with E-state index >= 15 is 0 Å². The normalized spacial score (nSPS) is 28.7. The number of imide groups is 1. The molecule has 0 unspecified atom stereocenters. The van der Waals surface area contributed by atoms with E-state index in [9.17, 15) is 22.8 Å². The highest BCUT2D eigenvalue weighted by Crippen LogP contribution is 2.58. The lowest BCUT2D eigenvalue weighted by Crippen LogP contribution is -2.33. The van der Waals surface area contributed by atoms with Crippen molar-refractivity contribution in [3.05, 3.63) is 71.8 Å². The van der Waals surface area contributed by atoms with E-state index in [0.717, 1.165) is 34.6 Å². The lowest BCUT2D eigenvalue weighted by Gasteiger charge is -2.22. The zero-order valence-corrected chi connectivity index (χ0v) is 14.7. The average molecular weight is 383 g/mol. The summed E-state index contributed by atoms with van der Waals surface area (Å²) in [7, 11) is 0. The van der Waals surface area contributed by atoms with Crippen LogP contribution in [0.25, 0.3) is 5.57 Å². The van der Waals surface area contributed by atoms with Crippen molar-refractivity contribution in [3.63, 3.8) is 0 Å². The molecule has 3 nitrogen and oxygen atoms in total. The number of carbonyl (C=O) groups excluding carboxylic acids is 2. The van der Waals surface area contributed by atoms with Gasteiger partial charge in [-0.2, -0.15) is 13.2 Å². The number of amides is 2. The van der Waals surface area contributed by atoms with Gasteiger partial charge >= 0.3 is 6.18 Å². The van der Waals surface area contributed by atoms with E-state index in [1.807, 2.05) is 30.3 Å². The molecule has 2 amide bonds. The maximum Gasteiger partial charge on any atom is 0.416 e. The maximum absolute atomic E-state index is 13.1. The summed E-state index contributed by atoms with van der Waals surface area (Å²) in [6.07, 6.45) is -1.71. The van der Waals surface area contributed by atoms with E-state index in [1.165, 1.54) is 12.1 Å². The Bertz CT molecular complexity index is 1010. The van der Waals surface area contributed by atoms with Gasteiger partial charge in [0, 0.05) is 0 Å². The van der Waals surface area contributed by atoms with Crippen LogP contribution in [-0.2, 0) is 15.8 Å². The first-order valence-corrected chi connectivity index (χ1v) is 9.18. The Morgan fingerprint density at radius 1 is 0.893 bits per heavy atom. The monoisotopic (exact) mass is 383 g/mol. The minimum atomic E-state index is -4.53. The van der Waals surface area contributed by atoms with Gasteiger partial charge in [0.05, 0.1) is 23.1 Å². The highest BCUT2D eigenvalue weighted by molar-refractivity contribution is 6.23. The van der Waals surface area contributed by atoms with Gasteiger partial charge in [-0.25, -0.2) is 0 Å². The first kappa shape index (κ1) is 17.2. The Kier molecular flexibility index (Phi) is 3.57. The standard InChI is InChI=1S/C22H16F3NO2/c23-22(24,25)14-7-4-8-15(11-14)26-20(27)18-13-9-16(12-5-2-1-3-6-12)17(10-13)19(18)21(26)28/h1-9,11,13,17-19H,10H2/t13-,17-,18-,19+/m1/s1. The smallest absolute Gasteiger partial charge is 0.274 e. The number of allylic oxidation sites excluding steroid dienone is 2. The van der Waals surface area contributed by atoms with Crippen molar-refractivity contribution in [2.24, 2.45) is 23.7 Å². The molecule has 6 heteroatoms. The van der Waals surface area contributed by atoms with Crippen molar-refractivity contribution < 1.29 is 22.8 Å². The first-order valence-electron chi connectivity index (χ1n) is 9.18. The van der Waals surface area contributed by atoms with Crippen molar-refractivity contribution in [2.45, 2.75) is 12.6 Å². The second-order valence-corrected chi connectivity index (χ2v) is 7.61. The van der Waals surface area contributed by atoms with E-state index in [4.69, 9.17) is 0 Å². The van der Waals surface area contributed by atoms with Gasteiger partial charge in [-0.15, -0.1) is 0 Å². The van der Waals surface area contributed by atoms with E-state index in [0.29, 0.717) is 0 Å². The average Bonchev–Trinajstić information content (AvgIpc) is 3.33. The molecule has 2 fully saturated rings. The fourth-order valence-electron chi connectivity index (χ4n) is 5.04. The van der Waals surface area contributed by atoms with E-state index < -0.39 is 23.6 Å². The van der Waals surface area contributed by atoms with Gasteiger partial charge < -0.3 is 0 Å². The summed E-state index contributed by atoms with van der Waals surface area (Å²) in [6, 6.07) is 14.2. The molecule has 5 rings (SSSR count). The van der Waals surface area contributed by atoms with Gasteiger partial charge in [0.1, 0.15) is 0 Å². The SMILES string of the molecule is O=C1[C@@H]2[C@H](C(=O)N1c1cccc(C(F)(F)F)c1)[C@@H]1C=C(c3ccccc3)[C@H]2C1. The minimum Gasteiger partial charge on any atom is -0.274 e. The van der Waals surface area contributed by atoms with Crippen molar-refractivity contribution >= 4 is 23.1 Å². The number of halogens is 3. The number of benzene rings is 2. The number of nitrogens with zero attached hydrogens (tertiary/aromatic N) is 1. The van der Waals surface area contributed by atoms with Crippen LogP contribution in [0.15, 0.2) is 60.7 Å². The number of rotatable bonds is 2. The number of carbonyl (C=O) groups is 2. The van der Waals surface area contributed by atoms with Crippen LogP contribution >= 0.6 is 0 Å². The maximum atomic E-state index is 13.1. The zero-order valence-electron chi connectivity index (χ0n) is 14.7. The predicted molar refractivity (Wildman–Crippen MR) is 96.9 cm³/mol. The van der Waals surface area contributed by atoms with Crippen molar-refractivity contribution in [3.8, 4) is 0 Å². The Morgan fingerprint density at radius 2 is 1.61 bits per heavy atom. The van der Waals surface area contributed by atoms with Crippen LogP contribution in [0.3, 0.4) is 0 Å². The van der Waals surface area contributed by atoms with Crippen molar-refractivity contribution in [1.82, 2.24) is 0 Å². The predicted octanol–water partition coefficient (Wildman–Crippen LogP) is 4.54. The number of hydrogen-bond acceptors (Lipinski definition) is 2. The molecule has 4 atom stereocenters. The van der Waals surface area contributed by atoms with Gasteiger partial charge in [0.25, 0.3) is 0 Å². The molecular formula is C22H16F3NO2. The molecule has 2 aromatic rings. The van der Waals surface area contributed by atoms with Crippen LogP contribution in [0.4, 0.5) is 18.9 Å². The quantitative estimate of drug-likeness (QED) is 0.714. The highest BCUT2D eigenvalue weighted by atomic mass is 19.4. The lowest BCUT2D eigenvalue weighted by molar-refractivity contribution is -0.137. The molecule has 0 spiro atoms. The van der Waals surface area contributed by atoms with Crippen molar-refractivity contribution in [1.29, 1.82) is 0 Å². The Hall–Kier alpha value is -2.89. The summed E-state index contributed by atoms with van der Waals surface area (Å²) < 4.78 is 39.2. The van der Waals surface area contributed by atoms with Crippen LogP contribution in [0.1, 0.15) is 17.5 Å². The first-order chi connectivity index (χ1) is 13.4. The summed E-state index contributed by atoms with van der Waals surface area (Å²) in [5, 5.41) is 0. The Labute approximate surface area is 159 Å². The fraction of sp³-hybridized carbons (Fsp3) is 0.273. The van der Waals surface area contributed by atoms with Gasteiger partial charge in [0.2, 0.25) is 11.8 Å². The second kappa shape index (κ2) is 5.80. The van der Waals surface area contributed by atoms with Crippen LogP contribution in [0, 0.1) is 23.7 Å². The van der Waals surface area contributed by atoms with Gasteiger partial charge in [-0.3, -0.25) is 14.5 Å². The zero-order chi connectivity index (χ0) is 19.6. The third kappa shape index (κ3) is 2.37. The third-order valence-corrected chi connectivity index (χ3v) is 6.15. The third-order valence-electron chi connectivity index (χ3n) is 6.15. The molecule has 1 saturated carbocycles. The molecule has 0 radical (unpaired) electrons. The molecule has 1 heterocycles. The molecular weight excluding hydrogens is 367 g/mol. The van der Waals surface area contributed by atoms with Crippen LogP contribution in [-0.4, -0.2) is 11.8 Å². The number of hydrogen-bond donors (Lipinski definition) is 0. The minimum absolute atomic E-state index is 0.000105. The number of alkyl halides is 3. The van der Waals surface area contributed by atoms with Gasteiger partial charge in [0.15, 0.2) is 0 Å². The summed E-state index contributed by atoms with van der Waals surface area (Å²) in [5.74, 6) is -1.85. The number of fused-ring (bicyclic) bond motifs is 5. The summed E-state index contributed by atoms with van der Waals surface area (Å²) in [4.78, 5) is 27.1. The van der Waals surface area contributed by atoms with Gasteiger partial charge in [-0.1, -0.05) is 42.5 Å². The van der Waals surface area contributed by atoms with E-state index in [1.54, 1.807) is 0 Å². The summed E-state index contributed by atoms with van der Waals surface area (Å²) in [5.41, 5.74) is 1.23. The number of anilines is 1.